The molecule has 128 valence electrons. The lowest BCUT2D eigenvalue weighted by atomic mass is 10.1. The molecule has 2 heterocycles. The molecule has 2 aromatic heterocycles. The molecule has 0 saturated heterocycles. The van der Waals surface area contributed by atoms with Crippen molar-refractivity contribution in [2.24, 2.45) is 7.05 Å². The van der Waals surface area contributed by atoms with Crippen LogP contribution >= 0.6 is 0 Å². The highest BCUT2D eigenvalue weighted by Gasteiger charge is 2.18. The fourth-order valence-electron chi connectivity index (χ4n) is 2.64. The van der Waals surface area contributed by atoms with Gasteiger partial charge in [0, 0.05) is 42.5 Å². The number of aliphatic hydroxyl groups excluding tert-OH is 1. The van der Waals surface area contributed by atoms with Crippen LogP contribution < -0.4 is 10.6 Å². The third-order valence-corrected chi connectivity index (χ3v) is 3.87. The number of carbonyl (C=O) groups is 2. The summed E-state index contributed by atoms with van der Waals surface area (Å²) < 4.78 is 1.91. The van der Waals surface area contributed by atoms with Crippen LogP contribution in [0.25, 0.3) is 10.9 Å². The van der Waals surface area contributed by atoms with Crippen LogP contribution in [0.2, 0.25) is 0 Å². The maximum atomic E-state index is 11.9. The van der Waals surface area contributed by atoms with Crippen LogP contribution in [0.15, 0.2) is 55.0 Å². The molecule has 0 bridgehead atoms. The van der Waals surface area contributed by atoms with E-state index in [0.29, 0.717) is 11.3 Å². The van der Waals surface area contributed by atoms with Crippen LogP contribution in [0.5, 0.6) is 0 Å². The molecule has 0 spiro atoms. The molecule has 3 N–H and O–H groups in total. The molecule has 3 rings (SSSR count). The molecule has 0 saturated carbocycles. The number of para-hydroxylation sites is 1. The number of hydrogen-bond acceptors (Lipinski definition) is 4. The molecule has 25 heavy (non-hydrogen) atoms. The van der Waals surface area contributed by atoms with Gasteiger partial charge in [0.05, 0.1) is 18.0 Å². The van der Waals surface area contributed by atoms with Gasteiger partial charge in [0.15, 0.2) is 0 Å². The minimum Gasteiger partial charge on any atom is -0.386 e. The summed E-state index contributed by atoms with van der Waals surface area (Å²) in [5.41, 5.74) is 2.11. The number of fused-ring (bicyclic) bond motifs is 1. The number of aromatic nitrogens is 2. The van der Waals surface area contributed by atoms with Gasteiger partial charge < -0.3 is 20.3 Å². The lowest BCUT2D eigenvalue weighted by Crippen LogP contribution is -2.37. The van der Waals surface area contributed by atoms with E-state index in [-0.39, 0.29) is 6.54 Å². The van der Waals surface area contributed by atoms with Gasteiger partial charge in [-0.05, 0) is 18.2 Å². The largest absolute Gasteiger partial charge is 0.386 e. The summed E-state index contributed by atoms with van der Waals surface area (Å²) >= 11 is 0. The van der Waals surface area contributed by atoms with E-state index < -0.39 is 17.9 Å². The van der Waals surface area contributed by atoms with Crippen molar-refractivity contribution in [3.8, 4) is 0 Å². The van der Waals surface area contributed by atoms with Crippen molar-refractivity contribution in [3.63, 3.8) is 0 Å². The SMILES string of the molecule is Cn1cc([C@H](O)CNC(=O)C(=O)Nc2cccnc2)c2ccccc21. The molecule has 3 aromatic rings. The first kappa shape index (κ1) is 16.7. The maximum absolute atomic E-state index is 11.9. The van der Waals surface area contributed by atoms with Gasteiger partial charge in [0.1, 0.15) is 0 Å². The fourth-order valence-corrected chi connectivity index (χ4v) is 2.64. The van der Waals surface area contributed by atoms with E-state index in [1.807, 2.05) is 42.1 Å². The number of nitrogens with one attached hydrogen (secondary N) is 2. The topological polar surface area (TPSA) is 96.2 Å². The second-order valence-electron chi connectivity index (χ2n) is 5.63. The molecule has 2 amide bonds. The van der Waals surface area contributed by atoms with Crippen LogP contribution in [0.4, 0.5) is 5.69 Å². The van der Waals surface area contributed by atoms with Crippen molar-refractivity contribution in [2.75, 3.05) is 11.9 Å². The Labute approximate surface area is 144 Å². The second kappa shape index (κ2) is 7.14. The highest BCUT2D eigenvalue weighted by atomic mass is 16.3. The van der Waals surface area contributed by atoms with E-state index in [9.17, 15) is 14.7 Å². The number of pyridine rings is 1. The molecule has 0 aliphatic heterocycles. The standard InChI is InChI=1S/C18H18N4O3/c1-22-11-14(13-6-2-3-7-15(13)22)16(23)10-20-17(24)18(25)21-12-5-4-8-19-9-12/h2-9,11,16,23H,10H2,1H3,(H,20,24)(H,21,25)/t16-/m1/s1. The molecule has 1 aromatic carbocycles. The lowest BCUT2D eigenvalue weighted by molar-refractivity contribution is -0.136. The number of amides is 2. The number of nitrogens with zero attached hydrogens (tertiary/aromatic N) is 2. The van der Waals surface area contributed by atoms with Crippen LogP contribution in [0.3, 0.4) is 0 Å². The van der Waals surface area contributed by atoms with Crippen LogP contribution in [0, 0.1) is 0 Å². The molecule has 0 radical (unpaired) electrons. The third-order valence-electron chi connectivity index (χ3n) is 3.87. The van der Waals surface area contributed by atoms with Gasteiger partial charge in [-0.15, -0.1) is 0 Å². The molecule has 1 atom stereocenters. The Hall–Kier alpha value is -3.19. The molecular formula is C18H18N4O3. The minimum atomic E-state index is -0.916. The number of rotatable bonds is 4. The summed E-state index contributed by atoms with van der Waals surface area (Å²) in [7, 11) is 1.89. The minimum absolute atomic E-state index is 0.0622. The number of carbonyl (C=O) groups excluding carboxylic acids is 2. The van der Waals surface area contributed by atoms with Gasteiger partial charge in [-0.2, -0.15) is 0 Å². The van der Waals surface area contributed by atoms with E-state index in [2.05, 4.69) is 15.6 Å². The van der Waals surface area contributed by atoms with Crippen molar-refractivity contribution in [1.29, 1.82) is 0 Å². The zero-order valence-electron chi connectivity index (χ0n) is 13.6. The van der Waals surface area contributed by atoms with Gasteiger partial charge in [-0.3, -0.25) is 14.6 Å². The second-order valence-corrected chi connectivity index (χ2v) is 5.63. The highest BCUT2D eigenvalue weighted by molar-refractivity contribution is 6.39. The summed E-state index contributed by atoms with van der Waals surface area (Å²) in [6.07, 6.45) is 3.91. The lowest BCUT2D eigenvalue weighted by Gasteiger charge is -2.11. The van der Waals surface area contributed by atoms with Crippen molar-refractivity contribution in [3.05, 3.63) is 60.6 Å². The zero-order chi connectivity index (χ0) is 17.8. The van der Waals surface area contributed by atoms with Crippen LogP contribution in [-0.4, -0.2) is 33.0 Å². The Morgan fingerprint density at radius 1 is 1.20 bits per heavy atom. The predicted molar refractivity (Wildman–Crippen MR) is 93.8 cm³/mol. The molecular weight excluding hydrogens is 320 g/mol. The normalized spacial score (nSPS) is 11.9. The average molecular weight is 338 g/mol. The average Bonchev–Trinajstić information content (AvgIpc) is 2.97. The fraction of sp³-hybridized carbons (Fsp3) is 0.167. The first-order valence-corrected chi connectivity index (χ1v) is 7.77. The van der Waals surface area contributed by atoms with Crippen LogP contribution in [0.1, 0.15) is 11.7 Å². The molecule has 0 fully saturated rings. The van der Waals surface area contributed by atoms with Gasteiger partial charge in [-0.1, -0.05) is 18.2 Å². The maximum Gasteiger partial charge on any atom is 0.313 e. The molecule has 0 unspecified atom stereocenters. The number of hydrogen-bond donors (Lipinski definition) is 3. The van der Waals surface area contributed by atoms with E-state index in [1.54, 1.807) is 18.3 Å². The molecule has 0 aliphatic rings. The van der Waals surface area contributed by atoms with Crippen molar-refractivity contribution < 1.29 is 14.7 Å². The van der Waals surface area contributed by atoms with E-state index in [4.69, 9.17) is 0 Å². The monoisotopic (exact) mass is 338 g/mol. The zero-order valence-corrected chi connectivity index (χ0v) is 13.6. The first-order chi connectivity index (χ1) is 12.1. The van der Waals surface area contributed by atoms with E-state index in [1.165, 1.54) is 6.20 Å². The molecule has 0 aliphatic carbocycles. The highest BCUT2D eigenvalue weighted by Crippen LogP contribution is 2.25. The summed E-state index contributed by atoms with van der Waals surface area (Å²) in [5.74, 6) is -1.62. The Kier molecular flexibility index (Phi) is 4.76. The Balaban J connectivity index is 1.62. The van der Waals surface area contributed by atoms with Gasteiger partial charge in [0.2, 0.25) is 0 Å². The summed E-state index contributed by atoms with van der Waals surface area (Å²) in [6, 6.07) is 10.9. The van der Waals surface area contributed by atoms with E-state index >= 15 is 0 Å². The summed E-state index contributed by atoms with van der Waals surface area (Å²) in [4.78, 5) is 27.6. The van der Waals surface area contributed by atoms with Crippen molar-refractivity contribution in [2.45, 2.75) is 6.10 Å². The van der Waals surface area contributed by atoms with Crippen LogP contribution in [-0.2, 0) is 16.6 Å². The first-order valence-electron chi connectivity index (χ1n) is 7.77. The van der Waals surface area contributed by atoms with Gasteiger partial charge >= 0.3 is 11.8 Å². The van der Waals surface area contributed by atoms with E-state index in [0.717, 1.165) is 10.9 Å². The Morgan fingerprint density at radius 2 is 2.00 bits per heavy atom. The van der Waals surface area contributed by atoms with Gasteiger partial charge in [-0.25, -0.2) is 0 Å². The number of aryl methyl sites for hydroxylation is 1. The van der Waals surface area contributed by atoms with Crippen molar-refractivity contribution in [1.82, 2.24) is 14.9 Å². The quantitative estimate of drug-likeness (QED) is 0.626. The molecule has 7 heteroatoms. The van der Waals surface area contributed by atoms with Crippen molar-refractivity contribution >= 4 is 28.4 Å². The summed E-state index contributed by atoms with van der Waals surface area (Å²) in [6.45, 7) is -0.0622. The predicted octanol–water partition coefficient (Wildman–Crippen LogP) is 1.36. The Morgan fingerprint density at radius 3 is 2.76 bits per heavy atom. The van der Waals surface area contributed by atoms with Gasteiger partial charge in [0.25, 0.3) is 0 Å². The smallest absolute Gasteiger partial charge is 0.313 e. The number of aliphatic hydroxyl groups is 1. The Bertz CT molecular complexity index is 905. The number of benzene rings is 1. The third kappa shape index (κ3) is 3.67. The molecule has 7 nitrogen and oxygen atoms in total. The summed E-state index contributed by atoms with van der Waals surface area (Å²) in [5, 5.41) is 16.2. The number of anilines is 1.